The van der Waals surface area contributed by atoms with Crippen LogP contribution in [0.5, 0.6) is 0 Å². The first kappa shape index (κ1) is 25.8. The van der Waals surface area contributed by atoms with E-state index in [-0.39, 0.29) is 30.0 Å². The summed E-state index contributed by atoms with van der Waals surface area (Å²) in [5, 5.41) is 6.94. The van der Waals surface area contributed by atoms with Crippen LogP contribution in [0.1, 0.15) is 62.3 Å². The average Bonchev–Trinajstić information content (AvgIpc) is 3.24. The highest BCUT2D eigenvalue weighted by Gasteiger charge is 2.24. The third kappa shape index (κ3) is 7.60. The number of furan rings is 1. The molecule has 4 rings (SSSR count). The van der Waals surface area contributed by atoms with Gasteiger partial charge in [-0.15, -0.1) is 24.0 Å². The lowest BCUT2D eigenvalue weighted by Gasteiger charge is -2.33. The van der Waals surface area contributed by atoms with E-state index in [4.69, 9.17) is 9.40 Å². The first-order valence-corrected chi connectivity index (χ1v) is 12.3. The number of nitrogens with one attached hydrogen (secondary N) is 2. The van der Waals surface area contributed by atoms with Gasteiger partial charge in [-0.25, -0.2) is 4.98 Å². The Labute approximate surface area is 215 Å². The molecule has 0 saturated carbocycles. The first-order valence-electron chi connectivity index (χ1n) is 12.3. The number of halogens is 1. The predicted octanol–water partition coefficient (Wildman–Crippen LogP) is 4.57. The zero-order valence-electron chi connectivity index (χ0n) is 19.8. The van der Waals surface area contributed by atoms with E-state index in [2.05, 4.69) is 43.6 Å². The summed E-state index contributed by atoms with van der Waals surface area (Å²) in [5.41, 5.74) is 1.16. The summed E-state index contributed by atoms with van der Waals surface area (Å²) in [6, 6.07) is 8.60. The van der Waals surface area contributed by atoms with E-state index in [1.54, 1.807) is 6.26 Å². The molecular formula is C25H39IN6O. The van der Waals surface area contributed by atoms with Crippen molar-refractivity contribution in [3.05, 3.63) is 48.0 Å². The van der Waals surface area contributed by atoms with Crippen LogP contribution in [0, 0.1) is 0 Å². The molecule has 2 aromatic heterocycles. The maximum atomic E-state index is 5.76. The van der Waals surface area contributed by atoms with Crippen molar-refractivity contribution >= 4 is 35.8 Å². The van der Waals surface area contributed by atoms with Gasteiger partial charge >= 0.3 is 0 Å². The Kier molecular flexibility index (Phi) is 10.8. The van der Waals surface area contributed by atoms with Crippen molar-refractivity contribution in [1.82, 2.24) is 20.5 Å². The lowest BCUT2D eigenvalue weighted by Crippen LogP contribution is -2.44. The molecule has 2 aliphatic heterocycles. The highest BCUT2D eigenvalue weighted by Crippen LogP contribution is 2.24. The monoisotopic (exact) mass is 566 g/mol. The molecule has 0 spiro atoms. The quantitative estimate of drug-likeness (QED) is 0.291. The van der Waals surface area contributed by atoms with Crippen molar-refractivity contribution in [3.8, 4) is 0 Å². The number of nitrogens with zero attached hydrogens (tertiary/aromatic N) is 4. The van der Waals surface area contributed by atoms with Crippen LogP contribution in [-0.4, -0.2) is 55.6 Å². The minimum absolute atomic E-state index is 0. The third-order valence-electron chi connectivity index (χ3n) is 6.59. The predicted molar refractivity (Wildman–Crippen MR) is 145 cm³/mol. The molecule has 0 radical (unpaired) electrons. The van der Waals surface area contributed by atoms with Crippen LogP contribution in [0.4, 0.5) is 5.82 Å². The molecule has 1 unspecified atom stereocenters. The zero-order chi connectivity index (χ0) is 22.0. The number of piperidine rings is 1. The van der Waals surface area contributed by atoms with Gasteiger partial charge in [-0.05, 0) is 62.5 Å². The summed E-state index contributed by atoms with van der Waals surface area (Å²) in [5.74, 6) is 2.92. The van der Waals surface area contributed by atoms with Crippen molar-refractivity contribution in [2.24, 2.45) is 4.99 Å². The van der Waals surface area contributed by atoms with E-state index in [0.717, 1.165) is 55.8 Å². The molecule has 4 heterocycles. The fourth-order valence-electron chi connectivity index (χ4n) is 4.73. The maximum Gasteiger partial charge on any atom is 0.191 e. The molecule has 7 nitrogen and oxygen atoms in total. The first-order chi connectivity index (χ1) is 15.8. The third-order valence-corrected chi connectivity index (χ3v) is 6.59. The number of guanidine groups is 1. The lowest BCUT2D eigenvalue weighted by molar-refractivity contribution is 0.146. The van der Waals surface area contributed by atoms with Gasteiger partial charge in [0, 0.05) is 39.4 Å². The number of rotatable bonds is 7. The Morgan fingerprint density at radius 3 is 2.36 bits per heavy atom. The molecule has 0 bridgehead atoms. The van der Waals surface area contributed by atoms with Gasteiger partial charge in [0.15, 0.2) is 5.96 Å². The second-order valence-corrected chi connectivity index (χ2v) is 8.86. The minimum Gasteiger partial charge on any atom is -0.468 e. The van der Waals surface area contributed by atoms with Crippen molar-refractivity contribution in [3.63, 3.8) is 0 Å². The summed E-state index contributed by atoms with van der Waals surface area (Å²) in [7, 11) is 1.82. The van der Waals surface area contributed by atoms with Crippen LogP contribution in [0.3, 0.4) is 0 Å². The molecule has 2 saturated heterocycles. The van der Waals surface area contributed by atoms with E-state index < -0.39 is 0 Å². The van der Waals surface area contributed by atoms with Gasteiger partial charge in [-0.1, -0.05) is 25.3 Å². The van der Waals surface area contributed by atoms with Gasteiger partial charge in [0.1, 0.15) is 11.6 Å². The Balaban J connectivity index is 0.00000306. The summed E-state index contributed by atoms with van der Waals surface area (Å²) in [4.78, 5) is 14.1. The second kappa shape index (κ2) is 13.8. The fraction of sp³-hybridized carbons (Fsp3) is 0.600. The van der Waals surface area contributed by atoms with Gasteiger partial charge in [0.2, 0.25) is 0 Å². The Hall–Kier alpha value is -1.81. The van der Waals surface area contributed by atoms with Gasteiger partial charge in [0.05, 0.1) is 12.3 Å². The molecule has 0 amide bonds. The van der Waals surface area contributed by atoms with E-state index in [9.17, 15) is 0 Å². The molecule has 2 aliphatic rings. The van der Waals surface area contributed by atoms with Crippen molar-refractivity contribution in [2.45, 2.75) is 57.5 Å². The number of hydrogen-bond donors (Lipinski definition) is 2. The highest BCUT2D eigenvalue weighted by molar-refractivity contribution is 14.0. The van der Waals surface area contributed by atoms with Crippen LogP contribution in [-0.2, 0) is 6.54 Å². The molecule has 2 aromatic rings. The number of pyridine rings is 1. The Bertz CT molecular complexity index is 812. The molecule has 2 fully saturated rings. The van der Waals surface area contributed by atoms with Gasteiger partial charge in [-0.3, -0.25) is 9.89 Å². The van der Waals surface area contributed by atoms with Gasteiger partial charge in [-0.2, -0.15) is 0 Å². The smallest absolute Gasteiger partial charge is 0.191 e. The molecule has 2 N–H and O–H groups in total. The number of hydrogen-bond acceptors (Lipinski definition) is 5. The minimum atomic E-state index is 0. The van der Waals surface area contributed by atoms with Crippen molar-refractivity contribution in [1.29, 1.82) is 0 Å². The number of likely N-dealkylation sites (tertiary alicyclic amines) is 1. The van der Waals surface area contributed by atoms with E-state index >= 15 is 0 Å². The second-order valence-electron chi connectivity index (χ2n) is 8.86. The normalized spacial score (nSPS) is 18.8. The van der Waals surface area contributed by atoms with Crippen molar-refractivity contribution in [2.75, 3.05) is 44.7 Å². The average molecular weight is 567 g/mol. The molecule has 33 heavy (non-hydrogen) atoms. The van der Waals surface area contributed by atoms with Crippen LogP contribution in [0.15, 0.2) is 46.1 Å². The Morgan fingerprint density at radius 1 is 1.00 bits per heavy atom. The lowest BCUT2D eigenvalue weighted by atomic mass is 10.1. The van der Waals surface area contributed by atoms with E-state index in [0.29, 0.717) is 6.54 Å². The fourth-order valence-corrected chi connectivity index (χ4v) is 4.73. The van der Waals surface area contributed by atoms with Crippen LogP contribution < -0.4 is 15.5 Å². The maximum absolute atomic E-state index is 5.76. The van der Waals surface area contributed by atoms with Gasteiger partial charge < -0.3 is 20.0 Å². The summed E-state index contributed by atoms with van der Waals surface area (Å²) in [6.07, 6.45) is 12.8. The van der Waals surface area contributed by atoms with Crippen LogP contribution >= 0.6 is 24.0 Å². The van der Waals surface area contributed by atoms with Crippen LogP contribution in [0.2, 0.25) is 0 Å². The topological polar surface area (TPSA) is 68.9 Å². The molecule has 182 valence electrons. The molecular weight excluding hydrogens is 527 g/mol. The summed E-state index contributed by atoms with van der Waals surface area (Å²) >= 11 is 0. The summed E-state index contributed by atoms with van der Waals surface area (Å²) in [6.45, 7) is 5.94. The molecule has 1 atom stereocenters. The Morgan fingerprint density at radius 2 is 1.73 bits per heavy atom. The molecule has 0 aromatic carbocycles. The summed E-state index contributed by atoms with van der Waals surface area (Å²) < 4.78 is 5.76. The zero-order valence-corrected chi connectivity index (χ0v) is 22.2. The number of aliphatic imine (C=N–C) groups is 1. The van der Waals surface area contributed by atoms with Gasteiger partial charge in [0.25, 0.3) is 0 Å². The largest absolute Gasteiger partial charge is 0.468 e. The number of anilines is 1. The highest BCUT2D eigenvalue weighted by atomic mass is 127. The number of aromatic nitrogens is 1. The SMILES string of the molecule is CN=C(NCc1ccc(N2CCCCCC2)nc1)NCC(c1ccco1)N1CCCCC1.I. The molecule has 0 aliphatic carbocycles. The molecule has 8 heteroatoms. The standard InChI is InChI=1S/C25H38N6O.HI/c1-26-25(29-20-22(23-10-9-17-32-23)30-13-7-4-8-14-30)28-19-21-11-12-24(27-18-21)31-15-5-2-3-6-16-31;/h9-12,17-18,22H,2-8,13-16,19-20H2,1H3,(H2,26,28,29);1H. The van der Waals surface area contributed by atoms with E-state index in [1.165, 1.54) is 44.9 Å². The van der Waals surface area contributed by atoms with Crippen molar-refractivity contribution < 1.29 is 4.42 Å². The van der Waals surface area contributed by atoms with Crippen LogP contribution in [0.25, 0.3) is 0 Å². The van der Waals surface area contributed by atoms with E-state index in [1.807, 2.05) is 19.3 Å².